The monoisotopic (exact) mass is 349 g/mol. The Bertz CT molecular complexity index is 706. The van der Waals surface area contributed by atoms with Gasteiger partial charge in [0.05, 0.1) is 6.61 Å². The number of hydrogen-bond donors (Lipinski definition) is 0. The minimum Gasteiger partial charge on any atom is -0.494 e. The molecule has 0 aliphatic carbocycles. The van der Waals surface area contributed by atoms with Crippen LogP contribution in [0.15, 0.2) is 36.4 Å². The Morgan fingerprint density at radius 2 is 1.68 bits per heavy atom. The maximum absolute atomic E-state index is 12.7. The molecule has 2 aromatic carbocycles. The van der Waals surface area contributed by atoms with Crippen molar-refractivity contribution >= 4 is 38.3 Å². The van der Waals surface area contributed by atoms with Crippen molar-refractivity contribution in [3.8, 4) is 5.75 Å². The van der Waals surface area contributed by atoms with E-state index >= 15 is 0 Å². The molecule has 0 aliphatic heterocycles. The molecule has 1 radical (unpaired) electrons. The summed E-state index contributed by atoms with van der Waals surface area (Å²) in [5.74, 6) is 1.53. The molecule has 4 heteroatoms. The van der Waals surface area contributed by atoms with Gasteiger partial charge in [0.2, 0.25) is 0 Å². The van der Waals surface area contributed by atoms with Crippen LogP contribution in [0.1, 0.15) is 47.3 Å². The van der Waals surface area contributed by atoms with E-state index in [-0.39, 0.29) is 33.0 Å². The summed E-state index contributed by atoms with van der Waals surface area (Å²) in [6, 6.07) is 12.1. The fraction of sp³-hybridized carbons (Fsp3) is 0.381. The molecule has 0 bridgehead atoms. The largest absolute Gasteiger partial charge is 0.494 e. The molecule has 0 spiro atoms. The molecule has 2 nitrogen and oxygen atoms in total. The topological polar surface area (TPSA) is 26.3 Å². The van der Waals surface area contributed by atoms with Gasteiger partial charge in [-0.1, -0.05) is 38.1 Å². The zero-order valence-corrected chi connectivity index (χ0v) is 17.3. The first-order valence-corrected chi connectivity index (χ1v) is 9.49. The second-order valence-corrected chi connectivity index (χ2v) is 7.97. The van der Waals surface area contributed by atoms with Crippen LogP contribution in [0.5, 0.6) is 5.75 Å². The summed E-state index contributed by atoms with van der Waals surface area (Å²) in [5.41, 5.74) is 4.31. The third kappa shape index (κ3) is 6.30. The van der Waals surface area contributed by atoms with Crippen LogP contribution in [-0.4, -0.2) is 31.0 Å². The number of benzene rings is 2. The fourth-order valence-electron chi connectivity index (χ4n) is 2.64. The molecule has 0 aromatic heterocycles. The molecule has 2 rings (SSSR count). The molecule has 2 aromatic rings. The maximum atomic E-state index is 12.7. The van der Waals surface area contributed by atoms with Crippen LogP contribution in [0.4, 0.5) is 0 Å². The third-order valence-electron chi connectivity index (χ3n) is 4.12. The van der Waals surface area contributed by atoms with E-state index in [1.807, 2.05) is 50.2 Å². The average Bonchev–Trinajstić information content (AvgIpc) is 2.49. The Kier molecular flexibility index (Phi) is 8.95. The molecule has 0 N–H and O–H groups in total. The van der Waals surface area contributed by atoms with Crippen molar-refractivity contribution in [3.63, 3.8) is 0 Å². The van der Waals surface area contributed by atoms with Crippen molar-refractivity contribution in [1.29, 1.82) is 0 Å². The van der Waals surface area contributed by atoms with Crippen LogP contribution in [0, 0.1) is 26.7 Å². The van der Waals surface area contributed by atoms with Crippen LogP contribution in [0.25, 0.3) is 0 Å². The third-order valence-corrected chi connectivity index (χ3v) is 5.43. The minimum absolute atomic E-state index is 0. The van der Waals surface area contributed by atoms with Gasteiger partial charge >= 0.3 is 0 Å². The summed E-state index contributed by atoms with van der Waals surface area (Å²) in [6.45, 7) is 11.2. The Labute approximate surface area is 165 Å². The molecule has 25 heavy (non-hydrogen) atoms. The van der Waals surface area contributed by atoms with Gasteiger partial charge in [-0.15, -0.1) is 0 Å². The normalized spacial score (nSPS) is 11.0. The zero-order valence-electron chi connectivity index (χ0n) is 16.3. The second kappa shape index (κ2) is 10.2. The molecule has 1 unspecified atom stereocenters. The van der Waals surface area contributed by atoms with Gasteiger partial charge in [0.1, 0.15) is 5.75 Å². The van der Waals surface area contributed by atoms with E-state index < -0.39 is 0 Å². The quantitative estimate of drug-likeness (QED) is 0.530. The Morgan fingerprint density at radius 1 is 1.04 bits per heavy atom. The predicted octanol–water partition coefficient (Wildman–Crippen LogP) is 4.80. The molecular weight excluding hydrogens is 322 g/mol. The predicted molar refractivity (Wildman–Crippen MR) is 110 cm³/mol. The molecule has 0 aliphatic rings. The zero-order chi connectivity index (χ0) is 17.7. The number of hydrogen-bond acceptors (Lipinski definition) is 2. The number of ether oxygens (including phenoxy) is 1. The van der Waals surface area contributed by atoms with E-state index in [1.54, 1.807) is 0 Å². The molecule has 0 saturated carbocycles. The van der Waals surface area contributed by atoms with Gasteiger partial charge in [-0.25, -0.2) is 0 Å². The first-order chi connectivity index (χ1) is 11.4. The van der Waals surface area contributed by atoms with E-state index in [0.29, 0.717) is 5.92 Å². The molecule has 0 saturated heterocycles. The van der Waals surface area contributed by atoms with Gasteiger partial charge in [0.15, 0.2) is 5.52 Å². The Hall–Kier alpha value is -1.06. The van der Waals surface area contributed by atoms with Gasteiger partial charge < -0.3 is 4.74 Å². The second-order valence-electron chi connectivity index (χ2n) is 6.73. The van der Waals surface area contributed by atoms with E-state index in [9.17, 15) is 4.79 Å². The SMILES string of the molecule is Cc1cc(OCCC(C)C)ccc1PC(=O)c1c(C)cccc1C.[Li]. The van der Waals surface area contributed by atoms with Crippen LogP contribution >= 0.6 is 8.58 Å². The van der Waals surface area contributed by atoms with Gasteiger partial charge in [-0.2, -0.15) is 0 Å². The first kappa shape index (κ1) is 22.0. The van der Waals surface area contributed by atoms with Gasteiger partial charge in [0.25, 0.3) is 0 Å². The molecule has 0 amide bonds. The van der Waals surface area contributed by atoms with Gasteiger partial charge in [-0.05, 0) is 75.8 Å². The number of rotatable bonds is 7. The van der Waals surface area contributed by atoms with Crippen molar-refractivity contribution in [2.75, 3.05) is 6.61 Å². The van der Waals surface area contributed by atoms with Crippen molar-refractivity contribution in [1.82, 2.24) is 0 Å². The molecular formula is C21H27LiO2P. The maximum Gasteiger partial charge on any atom is 0.186 e. The van der Waals surface area contributed by atoms with Crippen LogP contribution in [-0.2, 0) is 0 Å². The number of carbonyl (C=O) groups excluding carboxylic acids is 1. The van der Waals surface area contributed by atoms with Gasteiger partial charge in [-0.3, -0.25) is 4.79 Å². The van der Waals surface area contributed by atoms with E-state index in [2.05, 4.69) is 20.8 Å². The van der Waals surface area contributed by atoms with Crippen molar-refractivity contribution in [2.45, 2.75) is 41.0 Å². The summed E-state index contributed by atoms with van der Waals surface area (Å²) in [6.07, 6.45) is 1.05. The standard InChI is InChI=1S/C21H27O2P.Li/c1-14(2)11-12-23-18-9-10-19(17(5)13-18)24-21(22)20-15(3)7-6-8-16(20)4;/h6-10,13-14,24H,11-12H2,1-5H3;. The fourth-order valence-corrected chi connectivity index (χ4v) is 3.84. The Balaban J connectivity index is 0.00000312. The number of carbonyl (C=O) groups is 1. The summed E-state index contributed by atoms with van der Waals surface area (Å²) in [5, 5.41) is 1.10. The minimum atomic E-state index is 0. The molecule has 0 fully saturated rings. The molecule has 1 atom stereocenters. The Morgan fingerprint density at radius 3 is 2.24 bits per heavy atom. The first-order valence-electron chi connectivity index (χ1n) is 8.49. The summed E-state index contributed by atoms with van der Waals surface area (Å²) >= 11 is 0. The summed E-state index contributed by atoms with van der Waals surface area (Å²) < 4.78 is 5.80. The average molecular weight is 349 g/mol. The molecule has 0 heterocycles. The number of aryl methyl sites for hydroxylation is 3. The van der Waals surface area contributed by atoms with Crippen LogP contribution in [0.2, 0.25) is 0 Å². The van der Waals surface area contributed by atoms with Crippen molar-refractivity contribution in [3.05, 3.63) is 58.7 Å². The van der Waals surface area contributed by atoms with Crippen molar-refractivity contribution in [2.24, 2.45) is 5.92 Å². The molecule has 129 valence electrons. The van der Waals surface area contributed by atoms with Crippen molar-refractivity contribution < 1.29 is 9.53 Å². The van der Waals surface area contributed by atoms with Crippen LogP contribution in [0.3, 0.4) is 0 Å². The smallest absolute Gasteiger partial charge is 0.186 e. The van der Waals surface area contributed by atoms with Crippen LogP contribution < -0.4 is 10.0 Å². The van der Waals surface area contributed by atoms with E-state index in [0.717, 1.165) is 46.3 Å². The van der Waals surface area contributed by atoms with Gasteiger partial charge in [0, 0.05) is 24.4 Å². The summed E-state index contributed by atoms with van der Waals surface area (Å²) in [7, 11) is 0.148. The van der Waals surface area contributed by atoms with E-state index in [1.165, 1.54) is 0 Å². The summed E-state index contributed by atoms with van der Waals surface area (Å²) in [4.78, 5) is 12.7. The van der Waals surface area contributed by atoms with E-state index in [4.69, 9.17) is 4.74 Å².